The third kappa shape index (κ3) is 5.68. The SMILES string of the molecule is c1ccc(-c2ccc(N(c3ccccc3)c3cccc4c3sc3cc(-c5nc(-c6ccccc6)nc(-c6ccccc6)n5)c5ccccc5c34)cc2)cc1. The van der Waals surface area contributed by atoms with Gasteiger partial charge >= 0.3 is 0 Å². The van der Waals surface area contributed by atoms with Gasteiger partial charge in [0, 0.05) is 43.5 Å². The van der Waals surface area contributed by atoms with E-state index in [9.17, 15) is 0 Å². The fourth-order valence-electron chi connectivity index (χ4n) is 7.37. The van der Waals surface area contributed by atoms with Crippen LogP contribution >= 0.6 is 11.3 Å². The number of rotatable bonds is 7. The quantitative estimate of drug-likeness (QED) is 0.165. The Labute approximate surface area is 317 Å². The second kappa shape index (κ2) is 13.6. The smallest absolute Gasteiger partial charge is 0.164 e. The number of hydrogen-bond donors (Lipinski definition) is 0. The third-order valence-corrected chi connectivity index (χ3v) is 11.1. The van der Waals surface area contributed by atoms with E-state index in [0.717, 1.165) is 39.1 Å². The summed E-state index contributed by atoms with van der Waals surface area (Å²) in [4.78, 5) is 17.6. The van der Waals surface area contributed by atoms with Gasteiger partial charge < -0.3 is 4.90 Å². The van der Waals surface area contributed by atoms with Crippen molar-refractivity contribution in [3.8, 4) is 45.3 Å². The van der Waals surface area contributed by atoms with Gasteiger partial charge in [0.15, 0.2) is 17.5 Å². The Morgan fingerprint density at radius 1 is 0.370 bits per heavy atom. The zero-order valence-electron chi connectivity index (χ0n) is 29.2. The van der Waals surface area contributed by atoms with Crippen molar-refractivity contribution in [1.82, 2.24) is 15.0 Å². The highest BCUT2D eigenvalue weighted by molar-refractivity contribution is 7.26. The Balaban J connectivity index is 1.19. The minimum atomic E-state index is 0.652. The average molecular weight is 709 g/mol. The molecular weight excluding hydrogens is 677 g/mol. The zero-order chi connectivity index (χ0) is 35.8. The average Bonchev–Trinajstić information content (AvgIpc) is 3.65. The Morgan fingerprint density at radius 2 is 0.852 bits per heavy atom. The highest BCUT2D eigenvalue weighted by Gasteiger charge is 2.21. The predicted molar refractivity (Wildman–Crippen MR) is 227 cm³/mol. The van der Waals surface area contributed by atoms with Crippen molar-refractivity contribution in [2.75, 3.05) is 4.90 Å². The van der Waals surface area contributed by atoms with Gasteiger partial charge in [0.05, 0.1) is 10.4 Å². The summed E-state index contributed by atoms with van der Waals surface area (Å²) in [6, 6.07) is 68.0. The molecule has 2 aromatic heterocycles. The van der Waals surface area contributed by atoms with Crippen LogP contribution in [0.4, 0.5) is 17.1 Å². The number of nitrogens with zero attached hydrogens (tertiary/aromatic N) is 4. The number of benzene rings is 8. The Bertz CT molecular complexity index is 2850. The van der Waals surface area contributed by atoms with Crippen molar-refractivity contribution in [3.63, 3.8) is 0 Å². The number of thiophene rings is 1. The summed E-state index contributed by atoms with van der Waals surface area (Å²) in [6.07, 6.45) is 0. The molecule has 0 aliphatic carbocycles. The molecule has 0 amide bonds. The van der Waals surface area contributed by atoms with Crippen molar-refractivity contribution in [2.24, 2.45) is 0 Å². The molecule has 0 aliphatic rings. The highest BCUT2D eigenvalue weighted by Crippen LogP contribution is 2.48. The highest BCUT2D eigenvalue weighted by atomic mass is 32.1. The molecule has 5 heteroatoms. The Morgan fingerprint density at radius 3 is 1.48 bits per heavy atom. The summed E-state index contributed by atoms with van der Waals surface area (Å²) >= 11 is 1.82. The predicted octanol–water partition coefficient (Wildman–Crippen LogP) is 13.5. The number of fused-ring (bicyclic) bond motifs is 5. The first kappa shape index (κ1) is 31.8. The standard InChI is InChI=1S/C49H32N4S/c1-5-16-33(17-6-1)34-28-30-38(31-29-34)53(37-22-11-4-12-23-37)43-27-15-26-41-45-40-25-14-13-24-39(40)42(32-44(45)54-46(41)43)49-51-47(35-18-7-2-8-19-35)50-48(52-49)36-20-9-3-10-21-36/h1-32H. The molecule has 10 aromatic rings. The van der Waals surface area contributed by atoms with E-state index in [-0.39, 0.29) is 0 Å². The van der Waals surface area contributed by atoms with Crippen LogP contribution in [0.1, 0.15) is 0 Å². The molecule has 0 bridgehead atoms. The van der Waals surface area contributed by atoms with E-state index in [1.807, 2.05) is 47.7 Å². The fourth-order valence-corrected chi connectivity index (χ4v) is 8.64. The van der Waals surface area contributed by atoms with E-state index >= 15 is 0 Å². The first-order valence-corrected chi connectivity index (χ1v) is 18.9. The van der Waals surface area contributed by atoms with Gasteiger partial charge in [-0.2, -0.15) is 0 Å². The molecule has 0 aliphatic heterocycles. The first-order valence-electron chi connectivity index (χ1n) is 18.0. The van der Waals surface area contributed by atoms with Gasteiger partial charge in [-0.15, -0.1) is 11.3 Å². The number of hydrogen-bond acceptors (Lipinski definition) is 5. The van der Waals surface area contributed by atoms with Crippen molar-refractivity contribution in [1.29, 1.82) is 0 Å². The molecule has 0 saturated carbocycles. The van der Waals surface area contributed by atoms with Crippen LogP contribution < -0.4 is 4.90 Å². The normalized spacial score (nSPS) is 11.3. The molecule has 2 heterocycles. The maximum absolute atomic E-state index is 5.14. The van der Waals surface area contributed by atoms with Crippen LogP contribution in [0, 0.1) is 0 Å². The number of para-hydroxylation sites is 1. The molecule has 0 fully saturated rings. The number of aromatic nitrogens is 3. The van der Waals surface area contributed by atoms with Crippen molar-refractivity contribution in [3.05, 3.63) is 194 Å². The lowest BCUT2D eigenvalue weighted by atomic mass is 9.98. The van der Waals surface area contributed by atoms with Crippen molar-refractivity contribution >= 4 is 59.3 Å². The minimum Gasteiger partial charge on any atom is -0.309 e. The molecule has 0 radical (unpaired) electrons. The maximum Gasteiger partial charge on any atom is 0.164 e. The second-order valence-corrected chi connectivity index (χ2v) is 14.3. The molecular formula is C49H32N4S. The van der Waals surface area contributed by atoms with Gasteiger partial charge in [-0.05, 0) is 58.3 Å². The summed E-state index contributed by atoms with van der Waals surface area (Å²) in [6.45, 7) is 0. The van der Waals surface area contributed by atoms with E-state index in [2.05, 4.69) is 163 Å². The van der Waals surface area contributed by atoms with Crippen LogP contribution in [0.15, 0.2) is 194 Å². The summed E-state index contributed by atoms with van der Waals surface area (Å²) in [7, 11) is 0. The van der Waals surface area contributed by atoms with Crippen molar-refractivity contribution < 1.29 is 0 Å². The van der Waals surface area contributed by atoms with Gasteiger partial charge in [0.2, 0.25) is 0 Å². The van der Waals surface area contributed by atoms with E-state index in [0.29, 0.717) is 17.5 Å². The molecule has 10 rings (SSSR count). The van der Waals surface area contributed by atoms with Gasteiger partial charge in [-0.1, -0.05) is 158 Å². The first-order chi connectivity index (χ1) is 26.8. The summed E-state index contributed by atoms with van der Waals surface area (Å²) in [5.41, 5.74) is 8.62. The zero-order valence-corrected chi connectivity index (χ0v) is 30.0. The van der Waals surface area contributed by atoms with E-state index in [4.69, 9.17) is 15.0 Å². The van der Waals surface area contributed by atoms with Crippen LogP contribution in [0.2, 0.25) is 0 Å². The monoisotopic (exact) mass is 708 g/mol. The largest absolute Gasteiger partial charge is 0.309 e. The Kier molecular flexibility index (Phi) is 7.97. The molecule has 8 aromatic carbocycles. The lowest BCUT2D eigenvalue weighted by molar-refractivity contribution is 1.08. The van der Waals surface area contributed by atoms with E-state index in [1.54, 1.807) is 0 Å². The van der Waals surface area contributed by atoms with Gasteiger partial charge in [0.1, 0.15) is 0 Å². The molecule has 0 spiro atoms. The van der Waals surface area contributed by atoms with E-state index < -0.39 is 0 Å². The lowest BCUT2D eigenvalue weighted by Crippen LogP contribution is -2.09. The minimum absolute atomic E-state index is 0.652. The van der Waals surface area contributed by atoms with Crippen LogP contribution in [0.25, 0.3) is 76.2 Å². The lowest BCUT2D eigenvalue weighted by Gasteiger charge is -2.26. The fraction of sp³-hybridized carbons (Fsp3) is 0. The second-order valence-electron chi connectivity index (χ2n) is 13.2. The molecule has 54 heavy (non-hydrogen) atoms. The summed E-state index contributed by atoms with van der Waals surface area (Å²) < 4.78 is 2.40. The van der Waals surface area contributed by atoms with Crippen molar-refractivity contribution in [2.45, 2.75) is 0 Å². The number of anilines is 3. The molecule has 0 atom stereocenters. The van der Waals surface area contributed by atoms with Crippen LogP contribution in [-0.4, -0.2) is 15.0 Å². The molecule has 4 nitrogen and oxygen atoms in total. The topological polar surface area (TPSA) is 41.9 Å². The van der Waals surface area contributed by atoms with Gasteiger partial charge in [0.25, 0.3) is 0 Å². The Hall–Kier alpha value is -6.95. The summed E-state index contributed by atoms with van der Waals surface area (Å²) in [5.74, 6) is 1.96. The summed E-state index contributed by atoms with van der Waals surface area (Å²) in [5, 5.41) is 4.75. The van der Waals surface area contributed by atoms with Crippen LogP contribution in [-0.2, 0) is 0 Å². The van der Waals surface area contributed by atoms with Crippen LogP contribution in [0.5, 0.6) is 0 Å². The molecule has 0 saturated heterocycles. The van der Waals surface area contributed by atoms with Crippen LogP contribution in [0.3, 0.4) is 0 Å². The van der Waals surface area contributed by atoms with E-state index in [1.165, 1.54) is 36.7 Å². The molecule has 0 N–H and O–H groups in total. The van der Waals surface area contributed by atoms with Gasteiger partial charge in [-0.3, -0.25) is 0 Å². The van der Waals surface area contributed by atoms with Gasteiger partial charge in [-0.25, -0.2) is 15.0 Å². The molecule has 0 unspecified atom stereocenters. The third-order valence-electron chi connectivity index (χ3n) is 9.91. The maximum atomic E-state index is 5.14. The molecule has 254 valence electrons.